The summed E-state index contributed by atoms with van der Waals surface area (Å²) in [5, 5.41) is 4.08. The van der Waals surface area contributed by atoms with Crippen molar-refractivity contribution in [2.45, 2.75) is 6.04 Å². The Morgan fingerprint density at radius 2 is 2.21 bits per heavy atom. The number of benzene rings is 1. The first kappa shape index (κ1) is 13.9. The number of nitrogens with zero attached hydrogens (tertiary/aromatic N) is 3. The summed E-state index contributed by atoms with van der Waals surface area (Å²) < 4.78 is 18.7. The zero-order valence-corrected chi connectivity index (χ0v) is 11.4. The fourth-order valence-corrected chi connectivity index (χ4v) is 1.79. The largest absolute Gasteiger partial charge is 0.334 e. The van der Waals surface area contributed by atoms with Crippen LogP contribution in [0.3, 0.4) is 0 Å². The SMILES string of the molecule is CN(C)CC(N)c1noc(-c2ccc(Cl)cc2F)n1. The molecule has 1 heterocycles. The predicted molar refractivity (Wildman–Crippen MR) is 70.2 cm³/mol. The topological polar surface area (TPSA) is 68.2 Å². The Morgan fingerprint density at radius 1 is 1.47 bits per heavy atom. The van der Waals surface area contributed by atoms with Crippen LogP contribution in [-0.2, 0) is 0 Å². The smallest absolute Gasteiger partial charge is 0.260 e. The lowest BCUT2D eigenvalue weighted by Gasteiger charge is -2.12. The maximum absolute atomic E-state index is 13.7. The Labute approximate surface area is 115 Å². The summed E-state index contributed by atoms with van der Waals surface area (Å²) in [5.41, 5.74) is 6.12. The molecule has 0 amide bonds. The molecule has 0 radical (unpaired) electrons. The first-order chi connectivity index (χ1) is 8.97. The molecule has 0 saturated heterocycles. The Hall–Kier alpha value is -1.50. The van der Waals surface area contributed by atoms with E-state index < -0.39 is 5.82 Å². The number of halogens is 2. The Bertz CT molecular complexity index is 573. The van der Waals surface area contributed by atoms with Crippen LogP contribution in [0.4, 0.5) is 4.39 Å². The molecule has 5 nitrogen and oxygen atoms in total. The number of likely N-dealkylation sites (N-methyl/N-ethyl adjacent to an activating group) is 1. The average Bonchev–Trinajstić information content (AvgIpc) is 2.77. The van der Waals surface area contributed by atoms with Gasteiger partial charge < -0.3 is 15.2 Å². The second-order valence-electron chi connectivity index (χ2n) is 4.45. The number of nitrogens with two attached hydrogens (primary N) is 1. The van der Waals surface area contributed by atoms with E-state index in [0.29, 0.717) is 17.4 Å². The first-order valence-corrected chi connectivity index (χ1v) is 6.04. The summed E-state index contributed by atoms with van der Waals surface area (Å²) in [6.07, 6.45) is 0. The van der Waals surface area contributed by atoms with Crippen molar-refractivity contribution in [3.05, 3.63) is 34.9 Å². The van der Waals surface area contributed by atoms with Gasteiger partial charge in [-0.15, -0.1) is 0 Å². The van der Waals surface area contributed by atoms with Crippen molar-refractivity contribution < 1.29 is 8.91 Å². The van der Waals surface area contributed by atoms with Gasteiger partial charge in [0.05, 0.1) is 11.6 Å². The zero-order chi connectivity index (χ0) is 14.0. The lowest BCUT2D eigenvalue weighted by molar-refractivity contribution is 0.357. The van der Waals surface area contributed by atoms with Crippen LogP contribution in [0.25, 0.3) is 11.5 Å². The molecule has 7 heteroatoms. The Balaban J connectivity index is 2.25. The third-order valence-corrected chi connectivity index (χ3v) is 2.73. The van der Waals surface area contributed by atoms with Crippen LogP contribution in [0.15, 0.2) is 22.7 Å². The molecular weight excluding hydrogens is 271 g/mol. The molecular formula is C12H14ClFN4O. The van der Waals surface area contributed by atoms with Crippen LogP contribution in [0.5, 0.6) is 0 Å². The molecule has 0 bridgehead atoms. The summed E-state index contributed by atoms with van der Waals surface area (Å²) in [7, 11) is 3.78. The maximum atomic E-state index is 13.7. The van der Waals surface area contributed by atoms with Crippen molar-refractivity contribution in [1.82, 2.24) is 15.0 Å². The summed E-state index contributed by atoms with van der Waals surface area (Å²) in [4.78, 5) is 6.02. The van der Waals surface area contributed by atoms with E-state index in [2.05, 4.69) is 10.1 Å². The molecule has 2 aromatic rings. The summed E-state index contributed by atoms with van der Waals surface area (Å²) in [6, 6.07) is 3.86. The highest BCUT2D eigenvalue weighted by molar-refractivity contribution is 6.30. The molecule has 2 rings (SSSR count). The van der Waals surface area contributed by atoms with Crippen molar-refractivity contribution in [1.29, 1.82) is 0 Å². The Kier molecular flexibility index (Phi) is 4.14. The third-order valence-electron chi connectivity index (χ3n) is 2.50. The lowest BCUT2D eigenvalue weighted by Crippen LogP contribution is -2.26. The highest BCUT2D eigenvalue weighted by Gasteiger charge is 2.18. The molecule has 0 aliphatic heterocycles. The molecule has 0 fully saturated rings. The van der Waals surface area contributed by atoms with Gasteiger partial charge in [0.1, 0.15) is 5.82 Å². The quantitative estimate of drug-likeness (QED) is 0.931. The van der Waals surface area contributed by atoms with Crippen molar-refractivity contribution in [2.24, 2.45) is 5.73 Å². The second kappa shape index (κ2) is 5.64. The normalized spacial score (nSPS) is 12.9. The first-order valence-electron chi connectivity index (χ1n) is 5.66. The van der Waals surface area contributed by atoms with E-state index in [1.54, 1.807) is 6.07 Å². The van der Waals surface area contributed by atoms with E-state index in [-0.39, 0.29) is 17.5 Å². The van der Waals surface area contributed by atoms with Gasteiger partial charge in [0, 0.05) is 11.6 Å². The van der Waals surface area contributed by atoms with Crippen LogP contribution in [0.2, 0.25) is 5.02 Å². The molecule has 0 spiro atoms. The van der Waals surface area contributed by atoms with Crippen molar-refractivity contribution in [3.63, 3.8) is 0 Å². The van der Waals surface area contributed by atoms with Crippen LogP contribution in [0, 0.1) is 5.82 Å². The van der Waals surface area contributed by atoms with Gasteiger partial charge in [0.25, 0.3) is 5.89 Å². The molecule has 102 valence electrons. The van der Waals surface area contributed by atoms with Crippen molar-refractivity contribution in [3.8, 4) is 11.5 Å². The number of rotatable bonds is 4. The van der Waals surface area contributed by atoms with Crippen molar-refractivity contribution in [2.75, 3.05) is 20.6 Å². The molecule has 0 aliphatic rings. The molecule has 1 atom stereocenters. The van der Waals surface area contributed by atoms with Gasteiger partial charge in [-0.1, -0.05) is 16.8 Å². The van der Waals surface area contributed by atoms with Crippen LogP contribution >= 0.6 is 11.6 Å². The molecule has 0 aliphatic carbocycles. The Morgan fingerprint density at radius 3 is 2.84 bits per heavy atom. The monoisotopic (exact) mass is 284 g/mol. The van der Waals surface area contributed by atoms with E-state index in [1.165, 1.54) is 12.1 Å². The molecule has 1 aromatic carbocycles. The lowest BCUT2D eigenvalue weighted by atomic mass is 10.2. The molecule has 2 N–H and O–H groups in total. The minimum atomic E-state index is -0.510. The minimum absolute atomic E-state index is 0.0957. The van der Waals surface area contributed by atoms with Gasteiger partial charge in [0.2, 0.25) is 0 Å². The maximum Gasteiger partial charge on any atom is 0.260 e. The number of hydrogen-bond acceptors (Lipinski definition) is 5. The van der Waals surface area contributed by atoms with Gasteiger partial charge in [-0.2, -0.15) is 4.98 Å². The van der Waals surface area contributed by atoms with E-state index in [4.69, 9.17) is 21.9 Å². The van der Waals surface area contributed by atoms with Crippen molar-refractivity contribution >= 4 is 11.6 Å². The second-order valence-corrected chi connectivity index (χ2v) is 4.89. The highest BCUT2D eigenvalue weighted by atomic mass is 35.5. The van der Waals surface area contributed by atoms with Gasteiger partial charge in [0.15, 0.2) is 5.82 Å². The van der Waals surface area contributed by atoms with E-state index in [0.717, 1.165) is 0 Å². The average molecular weight is 285 g/mol. The highest BCUT2D eigenvalue weighted by Crippen LogP contribution is 2.24. The summed E-state index contributed by atoms with van der Waals surface area (Å²) in [6.45, 7) is 0.572. The minimum Gasteiger partial charge on any atom is -0.334 e. The zero-order valence-electron chi connectivity index (χ0n) is 10.6. The van der Waals surface area contributed by atoms with Gasteiger partial charge in [-0.25, -0.2) is 4.39 Å². The van der Waals surface area contributed by atoms with E-state index in [1.807, 2.05) is 19.0 Å². The standard InChI is InChI=1S/C12H14ClFN4O/c1-18(2)6-10(15)11-16-12(19-17-11)8-4-3-7(13)5-9(8)14/h3-5,10H,6,15H2,1-2H3. The molecule has 1 aromatic heterocycles. The van der Waals surface area contributed by atoms with Crippen LogP contribution in [-0.4, -0.2) is 35.7 Å². The third kappa shape index (κ3) is 3.28. The fourth-order valence-electron chi connectivity index (χ4n) is 1.63. The number of hydrogen-bond donors (Lipinski definition) is 1. The van der Waals surface area contributed by atoms with Gasteiger partial charge >= 0.3 is 0 Å². The van der Waals surface area contributed by atoms with Gasteiger partial charge in [-0.3, -0.25) is 0 Å². The summed E-state index contributed by atoms with van der Waals surface area (Å²) >= 11 is 5.69. The van der Waals surface area contributed by atoms with Gasteiger partial charge in [-0.05, 0) is 32.3 Å². The number of aromatic nitrogens is 2. The van der Waals surface area contributed by atoms with Crippen LogP contribution < -0.4 is 5.73 Å². The van der Waals surface area contributed by atoms with E-state index in [9.17, 15) is 4.39 Å². The van der Waals surface area contributed by atoms with E-state index >= 15 is 0 Å². The summed E-state index contributed by atoms with van der Waals surface area (Å²) in [5.74, 6) is -0.0692. The van der Waals surface area contributed by atoms with Crippen LogP contribution in [0.1, 0.15) is 11.9 Å². The predicted octanol–water partition coefficient (Wildman–Crippen LogP) is 2.09. The molecule has 19 heavy (non-hydrogen) atoms. The fraction of sp³-hybridized carbons (Fsp3) is 0.333. The molecule has 1 unspecified atom stereocenters. The molecule has 0 saturated carbocycles.